The van der Waals surface area contributed by atoms with Gasteiger partial charge in [0.15, 0.2) is 0 Å². The molecular weight excluding hydrogens is 375 g/mol. The molecule has 2 aliphatic rings. The third-order valence-electron chi connectivity index (χ3n) is 4.82. The highest BCUT2D eigenvalue weighted by molar-refractivity contribution is 7.89. The number of hydrogen-bond acceptors (Lipinski definition) is 4. The number of nitrogens with zero attached hydrogens (tertiary/aromatic N) is 1. The van der Waals surface area contributed by atoms with Gasteiger partial charge in [-0.15, -0.1) is 0 Å². The van der Waals surface area contributed by atoms with Crippen LogP contribution in [0.3, 0.4) is 0 Å². The van der Waals surface area contributed by atoms with Crippen LogP contribution >= 0.6 is 0 Å². The number of benzene rings is 1. The van der Waals surface area contributed by atoms with Crippen LogP contribution in [0, 0.1) is 11.8 Å². The Kier molecular flexibility index (Phi) is 4.91. The molecule has 1 aromatic rings. The molecule has 6 nitrogen and oxygen atoms in total. The number of ether oxygens (including phenoxy) is 1. The Morgan fingerprint density at radius 2 is 2.04 bits per heavy atom. The molecule has 0 spiro atoms. The van der Waals surface area contributed by atoms with Gasteiger partial charge < -0.3 is 9.84 Å². The minimum absolute atomic E-state index is 0.139. The molecule has 0 aromatic heterocycles. The molecule has 0 radical (unpaired) electrons. The minimum atomic E-state index is -4.76. The summed E-state index contributed by atoms with van der Waals surface area (Å²) in [6, 6.07) is 5.31. The van der Waals surface area contributed by atoms with Crippen molar-refractivity contribution in [3.05, 3.63) is 29.3 Å². The van der Waals surface area contributed by atoms with Crippen LogP contribution in [-0.4, -0.2) is 55.4 Å². The molecule has 1 aromatic carbocycles. The molecule has 0 bridgehead atoms. The Bertz CT molecular complexity index is 809. The van der Waals surface area contributed by atoms with Crippen LogP contribution < -0.4 is 4.74 Å². The van der Waals surface area contributed by atoms with Gasteiger partial charge in [0.2, 0.25) is 10.0 Å². The number of aryl methyl sites for hydroxylation is 1. The van der Waals surface area contributed by atoms with Crippen molar-refractivity contribution in [1.29, 1.82) is 0 Å². The summed E-state index contributed by atoms with van der Waals surface area (Å²) in [5.74, 6) is -5.21. The third-order valence-corrected chi connectivity index (χ3v) is 6.62. The second-order valence-corrected chi connectivity index (χ2v) is 8.60. The van der Waals surface area contributed by atoms with Crippen molar-refractivity contribution < 1.29 is 36.2 Å². The normalized spacial score (nSPS) is 23.7. The van der Waals surface area contributed by atoms with Crippen molar-refractivity contribution >= 4 is 16.0 Å². The Hall–Kier alpha value is -1.81. The van der Waals surface area contributed by atoms with Crippen LogP contribution in [0.2, 0.25) is 0 Å². The lowest BCUT2D eigenvalue weighted by atomic mass is 9.96. The highest BCUT2D eigenvalue weighted by atomic mass is 32.2. The Balaban J connectivity index is 1.69. The predicted octanol–water partition coefficient (Wildman–Crippen LogP) is 1.69. The fraction of sp³-hybridized carbons (Fsp3) is 0.562. The van der Waals surface area contributed by atoms with E-state index in [1.165, 1.54) is 0 Å². The fourth-order valence-electron chi connectivity index (χ4n) is 3.35. The van der Waals surface area contributed by atoms with Gasteiger partial charge in [0, 0.05) is 19.5 Å². The molecule has 144 valence electrons. The monoisotopic (exact) mass is 393 g/mol. The van der Waals surface area contributed by atoms with Crippen molar-refractivity contribution in [2.24, 2.45) is 11.8 Å². The summed E-state index contributed by atoms with van der Waals surface area (Å²) in [4.78, 5) is 11.1. The van der Waals surface area contributed by atoms with Crippen molar-refractivity contribution in [2.45, 2.75) is 19.0 Å². The molecule has 3 rings (SSSR count). The van der Waals surface area contributed by atoms with Crippen molar-refractivity contribution in [1.82, 2.24) is 4.31 Å². The number of rotatable bonds is 5. The van der Waals surface area contributed by atoms with Crippen LogP contribution in [0.25, 0.3) is 0 Å². The van der Waals surface area contributed by atoms with Crippen LogP contribution in [0.5, 0.6) is 5.75 Å². The second kappa shape index (κ2) is 6.73. The molecule has 0 saturated carbocycles. The van der Waals surface area contributed by atoms with Gasteiger partial charge >= 0.3 is 12.1 Å². The average Bonchev–Trinajstić information content (AvgIpc) is 3.19. The Morgan fingerprint density at radius 1 is 1.31 bits per heavy atom. The van der Waals surface area contributed by atoms with Gasteiger partial charge in [0.05, 0.1) is 24.2 Å². The molecule has 2 heterocycles. The van der Waals surface area contributed by atoms with E-state index in [9.17, 15) is 26.4 Å². The molecule has 2 aliphatic heterocycles. The maximum atomic E-state index is 13.0. The molecule has 1 fully saturated rings. The van der Waals surface area contributed by atoms with E-state index in [2.05, 4.69) is 0 Å². The molecule has 1 saturated heterocycles. The number of sulfonamides is 1. The first-order valence-corrected chi connectivity index (χ1v) is 9.71. The zero-order valence-corrected chi connectivity index (χ0v) is 14.5. The van der Waals surface area contributed by atoms with E-state index in [0.717, 1.165) is 23.3 Å². The molecule has 0 aliphatic carbocycles. The molecule has 1 N–H and O–H groups in total. The topological polar surface area (TPSA) is 83.9 Å². The number of carbonyl (C=O) groups is 1. The van der Waals surface area contributed by atoms with E-state index in [1.54, 1.807) is 12.1 Å². The number of fused-ring (bicyclic) bond motifs is 1. The van der Waals surface area contributed by atoms with Gasteiger partial charge in [-0.1, -0.05) is 12.1 Å². The lowest BCUT2D eigenvalue weighted by Gasteiger charge is -2.18. The predicted molar refractivity (Wildman–Crippen MR) is 85.4 cm³/mol. The first-order chi connectivity index (χ1) is 12.1. The quantitative estimate of drug-likeness (QED) is 0.823. The van der Waals surface area contributed by atoms with Gasteiger partial charge in [0.1, 0.15) is 5.75 Å². The maximum absolute atomic E-state index is 13.0. The number of aliphatic carboxylic acids is 1. The minimum Gasteiger partial charge on any atom is -0.493 e. The smallest absolute Gasteiger partial charge is 0.393 e. The van der Waals surface area contributed by atoms with E-state index in [0.29, 0.717) is 10.9 Å². The van der Waals surface area contributed by atoms with Crippen LogP contribution in [0.1, 0.15) is 11.1 Å². The summed E-state index contributed by atoms with van der Waals surface area (Å²) in [6.07, 6.45) is -3.89. The van der Waals surface area contributed by atoms with Crippen molar-refractivity contribution in [3.8, 4) is 5.75 Å². The summed E-state index contributed by atoms with van der Waals surface area (Å²) < 4.78 is 69.9. The number of hydrogen-bond donors (Lipinski definition) is 1. The third kappa shape index (κ3) is 3.80. The summed E-state index contributed by atoms with van der Waals surface area (Å²) >= 11 is 0. The SMILES string of the molecule is O=C(O)[C@@H]1CN(S(=O)(=O)CCc2ccc3c(c2)CCO3)C[C@H]1C(F)(F)F. The fourth-order valence-corrected chi connectivity index (χ4v) is 4.88. The van der Waals surface area contributed by atoms with E-state index in [4.69, 9.17) is 9.84 Å². The van der Waals surface area contributed by atoms with Crippen molar-refractivity contribution in [2.75, 3.05) is 25.4 Å². The molecule has 0 unspecified atom stereocenters. The van der Waals surface area contributed by atoms with E-state index < -0.39 is 47.1 Å². The van der Waals surface area contributed by atoms with Crippen molar-refractivity contribution in [3.63, 3.8) is 0 Å². The number of carboxylic acids is 1. The summed E-state index contributed by atoms with van der Waals surface area (Å²) in [5, 5.41) is 8.99. The highest BCUT2D eigenvalue weighted by Gasteiger charge is 2.54. The first kappa shape index (κ1) is 19.0. The Morgan fingerprint density at radius 3 is 2.65 bits per heavy atom. The highest BCUT2D eigenvalue weighted by Crippen LogP contribution is 2.38. The molecule has 10 heteroatoms. The zero-order chi connectivity index (χ0) is 19.1. The Labute approximate surface area is 148 Å². The molecular formula is C16H18F3NO5S. The molecule has 26 heavy (non-hydrogen) atoms. The number of carboxylic acid groups (broad SMARTS) is 1. The van der Waals surface area contributed by atoms with Crippen LogP contribution in [0.4, 0.5) is 13.2 Å². The first-order valence-electron chi connectivity index (χ1n) is 8.10. The van der Waals surface area contributed by atoms with Gasteiger partial charge in [0.25, 0.3) is 0 Å². The largest absolute Gasteiger partial charge is 0.493 e. The average molecular weight is 393 g/mol. The lowest BCUT2D eigenvalue weighted by molar-refractivity contribution is -0.187. The van der Waals surface area contributed by atoms with E-state index >= 15 is 0 Å². The number of halogens is 3. The van der Waals surface area contributed by atoms with E-state index in [-0.39, 0.29) is 12.2 Å². The molecule has 0 amide bonds. The van der Waals surface area contributed by atoms with Gasteiger partial charge in [-0.3, -0.25) is 4.79 Å². The van der Waals surface area contributed by atoms with Crippen LogP contribution in [0.15, 0.2) is 18.2 Å². The summed E-state index contributed by atoms with van der Waals surface area (Å²) in [6.45, 7) is -0.930. The van der Waals surface area contributed by atoms with Gasteiger partial charge in [-0.25, -0.2) is 12.7 Å². The molecule has 2 atom stereocenters. The second-order valence-electron chi connectivity index (χ2n) is 6.52. The zero-order valence-electron chi connectivity index (χ0n) is 13.7. The van der Waals surface area contributed by atoms with Gasteiger partial charge in [-0.05, 0) is 23.6 Å². The standard InChI is InChI=1S/C16H18F3NO5S/c17-16(18,19)13-9-20(8-12(13)15(21)22)26(23,24)6-4-10-1-2-14-11(7-10)3-5-25-14/h1-2,7,12-13H,3-6,8-9H2,(H,21,22)/t12-,13-/m1/s1. The van der Waals surface area contributed by atoms with Gasteiger partial charge in [-0.2, -0.15) is 13.2 Å². The number of alkyl halides is 3. The van der Waals surface area contributed by atoms with E-state index in [1.807, 2.05) is 6.07 Å². The summed E-state index contributed by atoms with van der Waals surface area (Å²) in [5.41, 5.74) is 1.73. The van der Waals surface area contributed by atoms with Crippen LogP contribution in [-0.2, 0) is 27.7 Å². The maximum Gasteiger partial charge on any atom is 0.393 e. The summed E-state index contributed by atoms with van der Waals surface area (Å²) in [7, 11) is -3.99. The lowest BCUT2D eigenvalue weighted by Crippen LogP contribution is -2.34.